The van der Waals surface area contributed by atoms with Gasteiger partial charge in [-0.05, 0) is 37.1 Å². The van der Waals surface area contributed by atoms with Gasteiger partial charge in [-0.1, -0.05) is 18.2 Å². The molecule has 0 aromatic rings. The maximum Gasteiger partial charge on any atom is 0.488 e. The molecular weight excluding hydrogens is 454 g/mol. The van der Waals surface area contributed by atoms with E-state index in [-0.39, 0.29) is 32.0 Å². The van der Waals surface area contributed by atoms with Gasteiger partial charge in [0.1, 0.15) is 13.2 Å². The van der Waals surface area contributed by atoms with Gasteiger partial charge < -0.3 is 43.1 Å². The summed E-state index contributed by atoms with van der Waals surface area (Å²) in [5.41, 5.74) is 0.497. The number of phosphoric acid groups is 1. The number of hydrogen-bond donors (Lipinski definition) is 4. The first-order valence-electron chi connectivity index (χ1n) is 11.3. The lowest BCUT2D eigenvalue weighted by Crippen LogP contribution is -2.37. The summed E-state index contributed by atoms with van der Waals surface area (Å²) in [7, 11) is 0.0779. The maximum absolute atomic E-state index is 11.7. The fourth-order valence-electron chi connectivity index (χ4n) is 3.14. The minimum atomic E-state index is -4.30. The van der Waals surface area contributed by atoms with Crippen LogP contribution in [0.15, 0.2) is 23.7 Å². The van der Waals surface area contributed by atoms with E-state index in [9.17, 15) is 14.6 Å². The third-order valence-corrected chi connectivity index (χ3v) is 6.26. The molecule has 5 unspecified atom stereocenters. The molecule has 4 N–H and O–H groups in total. The molecule has 1 aliphatic carbocycles. The number of nitrogens with zero attached hydrogens (tertiary/aromatic N) is 1. The van der Waals surface area contributed by atoms with E-state index in [2.05, 4.69) is 5.32 Å². The van der Waals surface area contributed by atoms with Gasteiger partial charge in [0.25, 0.3) is 7.82 Å². The van der Waals surface area contributed by atoms with Crippen LogP contribution in [0, 0.1) is 5.92 Å². The molecule has 0 aromatic carbocycles. The van der Waals surface area contributed by atoms with Crippen molar-refractivity contribution in [3.8, 4) is 0 Å². The highest BCUT2D eigenvalue weighted by Crippen LogP contribution is 2.38. The van der Waals surface area contributed by atoms with Crippen molar-refractivity contribution in [2.24, 2.45) is 5.92 Å². The normalized spacial score (nSPS) is 25.4. The Bertz CT molecular complexity index is 702. The van der Waals surface area contributed by atoms with E-state index in [4.69, 9.17) is 28.6 Å². The molecule has 33 heavy (non-hydrogen) atoms. The van der Waals surface area contributed by atoms with Gasteiger partial charge in [-0.2, -0.15) is 0 Å². The highest BCUT2D eigenvalue weighted by molar-refractivity contribution is 7.45. The SMILES string of the molecule is C[N+](C)(C)CCOP(=O)([O-])OCCCCC(CO)OC1OC1NCC1C=CC(B(O)O)=CC1. The molecular formula is C20H38BN2O9P. The van der Waals surface area contributed by atoms with E-state index in [1.54, 1.807) is 12.2 Å². The zero-order chi connectivity index (χ0) is 24.5. The van der Waals surface area contributed by atoms with Crippen LogP contribution in [-0.2, 0) is 23.1 Å². The Morgan fingerprint density at radius 1 is 1.30 bits per heavy atom. The van der Waals surface area contributed by atoms with Gasteiger partial charge in [0, 0.05) is 6.54 Å². The van der Waals surface area contributed by atoms with Crippen molar-refractivity contribution in [1.29, 1.82) is 0 Å². The molecule has 5 atom stereocenters. The molecule has 190 valence electrons. The van der Waals surface area contributed by atoms with Crippen LogP contribution in [0.25, 0.3) is 0 Å². The molecule has 2 rings (SSSR count). The maximum atomic E-state index is 11.7. The zero-order valence-electron chi connectivity index (χ0n) is 19.7. The molecule has 1 saturated heterocycles. The number of allylic oxidation sites excluding steroid dienone is 3. The monoisotopic (exact) mass is 492 g/mol. The number of phosphoric ester groups is 1. The van der Waals surface area contributed by atoms with Crippen LogP contribution in [0.5, 0.6) is 0 Å². The Kier molecular flexibility index (Phi) is 11.7. The summed E-state index contributed by atoms with van der Waals surface area (Å²) < 4.78 is 33.2. The lowest BCUT2D eigenvalue weighted by Gasteiger charge is -2.27. The highest BCUT2D eigenvalue weighted by Gasteiger charge is 2.41. The highest BCUT2D eigenvalue weighted by atomic mass is 31.2. The third-order valence-electron chi connectivity index (χ3n) is 5.26. The summed E-state index contributed by atoms with van der Waals surface area (Å²) in [6.45, 7) is 1.13. The molecule has 13 heteroatoms. The number of ether oxygens (including phenoxy) is 2. The quantitative estimate of drug-likeness (QED) is 0.0689. The van der Waals surface area contributed by atoms with Crippen LogP contribution < -0.4 is 10.2 Å². The van der Waals surface area contributed by atoms with Crippen molar-refractivity contribution >= 4 is 14.9 Å². The van der Waals surface area contributed by atoms with E-state index < -0.39 is 27.3 Å². The molecule has 1 heterocycles. The number of rotatable bonds is 17. The molecule has 1 aliphatic heterocycles. The van der Waals surface area contributed by atoms with Crippen LogP contribution in [0.3, 0.4) is 0 Å². The van der Waals surface area contributed by atoms with E-state index >= 15 is 0 Å². The van der Waals surface area contributed by atoms with Crippen molar-refractivity contribution in [1.82, 2.24) is 5.32 Å². The van der Waals surface area contributed by atoms with Crippen molar-refractivity contribution in [2.45, 2.75) is 44.3 Å². The largest absolute Gasteiger partial charge is 0.756 e. The Balaban J connectivity index is 1.53. The predicted molar refractivity (Wildman–Crippen MR) is 120 cm³/mol. The van der Waals surface area contributed by atoms with Gasteiger partial charge >= 0.3 is 7.12 Å². The molecule has 2 aliphatic rings. The average molecular weight is 492 g/mol. The topological polar surface area (TPSA) is 153 Å². The number of unbranched alkanes of at least 4 members (excludes halogenated alkanes) is 1. The zero-order valence-corrected chi connectivity index (χ0v) is 20.6. The first kappa shape index (κ1) is 28.6. The standard InChI is InChI=1S/C20H38BN2O9P/c1-23(2,3)11-13-30-33(27,28)29-12-5-4-6-18(15-24)31-20-19(32-20)22-14-16-7-9-17(10-8-16)21(25)26/h7,9-10,16,18-20,22,24-26H,4-6,8,11-15H2,1-3H3. The number of aliphatic hydroxyl groups excluding tert-OH is 1. The van der Waals surface area contributed by atoms with Crippen LogP contribution in [0.2, 0.25) is 0 Å². The van der Waals surface area contributed by atoms with Gasteiger partial charge in [-0.3, -0.25) is 9.88 Å². The van der Waals surface area contributed by atoms with Crippen LogP contribution >= 0.6 is 7.82 Å². The van der Waals surface area contributed by atoms with Crippen LogP contribution in [0.1, 0.15) is 25.7 Å². The molecule has 0 spiro atoms. The van der Waals surface area contributed by atoms with E-state index in [1.165, 1.54) is 0 Å². The van der Waals surface area contributed by atoms with Crippen molar-refractivity contribution < 1.29 is 47.6 Å². The molecule has 0 radical (unpaired) electrons. The van der Waals surface area contributed by atoms with Gasteiger partial charge in [-0.25, -0.2) is 0 Å². The minimum Gasteiger partial charge on any atom is -0.756 e. The van der Waals surface area contributed by atoms with Crippen molar-refractivity contribution in [3.05, 3.63) is 23.7 Å². The van der Waals surface area contributed by atoms with Crippen LogP contribution in [0.4, 0.5) is 0 Å². The summed E-state index contributed by atoms with van der Waals surface area (Å²) in [6.07, 6.45) is 6.68. The number of likely N-dealkylation sites (N-methyl/N-ethyl adjacent to an activating group) is 1. The second kappa shape index (κ2) is 13.5. The molecule has 0 aromatic heterocycles. The minimum absolute atomic E-state index is 0.0196. The Hall–Kier alpha value is -0.625. The van der Waals surface area contributed by atoms with E-state index in [0.29, 0.717) is 48.7 Å². The van der Waals surface area contributed by atoms with Gasteiger partial charge in [0.05, 0.1) is 40.5 Å². The van der Waals surface area contributed by atoms with Crippen LogP contribution in [-0.4, -0.2) is 99.4 Å². The number of nitrogens with one attached hydrogen (secondary N) is 1. The Morgan fingerprint density at radius 2 is 2.03 bits per heavy atom. The summed E-state index contributed by atoms with van der Waals surface area (Å²) in [6, 6.07) is 0. The molecule has 0 amide bonds. The van der Waals surface area contributed by atoms with E-state index in [1.807, 2.05) is 27.2 Å². The second-order valence-corrected chi connectivity index (χ2v) is 10.7. The number of quaternary nitrogens is 1. The smallest absolute Gasteiger partial charge is 0.488 e. The summed E-state index contributed by atoms with van der Waals surface area (Å²) in [5.74, 6) is 0.222. The molecule has 0 bridgehead atoms. The lowest BCUT2D eigenvalue weighted by atomic mass is 9.75. The molecule has 0 saturated carbocycles. The molecule has 1 fully saturated rings. The Morgan fingerprint density at radius 3 is 2.64 bits per heavy atom. The lowest BCUT2D eigenvalue weighted by molar-refractivity contribution is -0.870. The van der Waals surface area contributed by atoms with Crippen molar-refractivity contribution in [3.63, 3.8) is 0 Å². The first-order chi connectivity index (χ1) is 15.5. The fourth-order valence-corrected chi connectivity index (χ4v) is 3.88. The van der Waals surface area contributed by atoms with E-state index in [0.717, 1.165) is 0 Å². The second-order valence-electron chi connectivity index (χ2n) is 9.33. The Labute approximate surface area is 196 Å². The number of hydrogen-bond acceptors (Lipinski definition) is 10. The third kappa shape index (κ3) is 12.1. The molecule has 11 nitrogen and oxygen atoms in total. The van der Waals surface area contributed by atoms with Gasteiger partial charge in [0.15, 0.2) is 12.5 Å². The average Bonchev–Trinajstić information content (AvgIpc) is 3.48. The summed E-state index contributed by atoms with van der Waals surface area (Å²) in [4.78, 5) is 11.7. The first-order valence-corrected chi connectivity index (χ1v) is 12.8. The summed E-state index contributed by atoms with van der Waals surface area (Å²) >= 11 is 0. The predicted octanol–water partition coefficient (Wildman–Crippen LogP) is -0.471. The number of epoxide rings is 1. The summed E-state index contributed by atoms with van der Waals surface area (Å²) in [5, 5.41) is 31.0. The van der Waals surface area contributed by atoms with Gasteiger partial charge in [0.2, 0.25) is 0 Å². The number of aliphatic hydroxyl groups is 1. The fraction of sp³-hybridized carbons (Fsp3) is 0.800. The van der Waals surface area contributed by atoms with Gasteiger partial charge in [-0.15, -0.1) is 0 Å². The van der Waals surface area contributed by atoms with Crippen molar-refractivity contribution in [2.75, 3.05) is 54.1 Å².